The maximum Gasteiger partial charge on any atom is 0.340 e. The Labute approximate surface area is 165 Å². The fourth-order valence-electron chi connectivity index (χ4n) is 3.23. The molecule has 5 nitrogen and oxygen atoms in total. The first-order valence-electron chi connectivity index (χ1n) is 8.76. The molecule has 28 heavy (non-hydrogen) atoms. The van der Waals surface area contributed by atoms with Gasteiger partial charge in [0.1, 0.15) is 18.0 Å². The van der Waals surface area contributed by atoms with Gasteiger partial charge in [0, 0.05) is 11.8 Å². The molecule has 146 valence electrons. The van der Waals surface area contributed by atoms with Gasteiger partial charge in [-0.15, -0.1) is 0 Å². The van der Waals surface area contributed by atoms with E-state index >= 15 is 0 Å². The number of cyclic esters (lactones) is 1. The zero-order chi connectivity index (χ0) is 20.5. The van der Waals surface area contributed by atoms with E-state index in [9.17, 15) is 13.2 Å². The number of carbonyl (C=O) groups is 1. The van der Waals surface area contributed by atoms with Gasteiger partial charge >= 0.3 is 5.97 Å². The minimum Gasteiger partial charge on any atom is -0.490 e. The van der Waals surface area contributed by atoms with Crippen molar-refractivity contribution in [2.24, 2.45) is 0 Å². The molecule has 0 aromatic heterocycles. The standard InChI is InChI=1S/C22H22O5S/c1-5-14-26-17-10-6-15(7-11-17)19-20(22(2,3)27-21(19)23)16-8-12-18(13-9-16)28(4,24)25/h5-13H,1,14H2,2-4H3. The lowest BCUT2D eigenvalue weighted by Crippen LogP contribution is -2.22. The molecule has 0 saturated carbocycles. The second kappa shape index (κ2) is 7.28. The molecular weight excluding hydrogens is 376 g/mol. The molecular formula is C22H22O5S. The highest BCUT2D eigenvalue weighted by Gasteiger charge is 2.41. The van der Waals surface area contributed by atoms with Gasteiger partial charge in [0.05, 0.1) is 10.5 Å². The van der Waals surface area contributed by atoms with Crippen LogP contribution in [0.4, 0.5) is 0 Å². The largest absolute Gasteiger partial charge is 0.490 e. The third-order valence-corrected chi connectivity index (χ3v) is 5.61. The number of sulfone groups is 1. The Morgan fingerprint density at radius 1 is 1.04 bits per heavy atom. The summed E-state index contributed by atoms with van der Waals surface area (Å²) in [5.74, 6) is 0.265. The van der Waals surface area contributed by atoms with Gasteiger partial charge in [0.25, 0.3) is 0 Å². The molecule has 6 heteroatoms. The van der Waals surface area contributed by atoms with Gasteiger partial charge in [-0.05, 0) is 49.2 Å². The number of carbonyl (C=O) groups excluding carboxylic acids is 1. The van der Waals surface area contributed by atoms with E-state index in [-0.39, 0.29) is 4.90 Å². The Morgan fingerprint density at radius 2 is 1.61 bits per heavy atom. The quantitative estimate of drug-likeness (QED) is 0.545. The van der Waals surface area contributed by atoms with Crippen LogP contribution in [0, 0.1) is 0 Å². The van der Waals surface area contributed by atoms with Crippen LogP contribution in [0.25, 0.3) is 11.1 Å². The van der Waals surface area contributed by atoms with E-state index in [0.29, 0.717) is 23.5 Å². The fourth-order valence-corrected chi connectivity index (χ4v) is 3.86. The van der Waals surface area contributed by atoms with Gasteiger partial charge in [-0.2, -0.15) is 0 Å². The van der Waals surface area contributed by atoms with Crippen molar-refractivity contribution >= 4 is 27.0 Å². The molecule has 0 atom stereocenters. The van der Waals surface area contributed by atoms with Gasteiger partial charge in [-0.1, -0.05) is 36.9 Å². The van der Waals surface area contributed by atoms with E-state index in [0.717, 1.165) is 17.4 Å². The lowest BCUT2D eigenvalue weighted by atomic mass is 9.87. The second-order valence-corrected chi connectivity index (χ2v) is 9.09. The lowest BCUT2D eigenvalue weighted by Gasteiger charge is -2.21. The Balaban J connectivity index is 2.09. The molecule has 0 saturated heterocycles. The lowest BCUT2D eigenvalue weighted by molar-refractivity contribution is -0.141. The van der Waals surface area contributed by atoms with Crippen LogP contribution in [-0.4, -0.2) is 32.9 Å². The van der Waals surface area contributed by atoms with Gasteiger partial charge in [0.2, 0.25) is 0 Å². The summed E-state index contributed by atoms with van der Waals surface area (Å²) in [7, 11) is -3.30. The summed E-state index contributed by atoms with van der Waals surface area (Å²) in [6.07, 6.45) is 2.82. The van der Waals surface area contributed by atoms with E-state index in [1.807, 2.05) is 13.8 Å². The van der Waals surface area contributed by atoms with Crippen molar-refractivity contribution in [3.8, 4) is 5.75 Å². The molecule has 0 spiro atoms. The van der Waals surface area contributed by atoms with E-state index in [1.165, 1.54) is 0 Å². The first kappa shape index (κ1) is 19.9. The Bertz CT molecular complexity index is 1040. The Hall–Kier alpha value is -2.86. The normalized spacial score (nSPS) is 16.0. The monoisotopic (exact) mass is 398 g/mol. The molecule has 0 fully saturated rings. The summed E-state index contributed by atoms with van der Waals surface area (Å²) in [5, 5.41) is 0. The number of hydrogen-bond donors (Lipinski definition) is 0. The van der Waals surface area contributed by atoms with Crippen molar-refractivity contribution in [3.05, 3.63) is 72.3 Å². The summed E-state index contributed by atoms with van der Waals surface area (Å²) in [5.41, 5.74) is 1.80. The average molecular weight is 398 g/mol. The zero-order valence-corrected chi connectivity index (χ0v) is 16.9. The summed E-state index contributed by atoms with van der Waals surface area (Å²) < 4.78 is 34.5. The first-order valence-corrected chi connectivity index (χ1v) is 10.7. The predicted octanol–water partition coefficient (Wildman–Crippen LogP) is 3.90. The van der Waals surface area contributed by atoms with Gasteiger partial charge in [-0.3, -0.25) is 0 Å². The smallest absolute Gasteiger partial charge is 0.340 e. The Morgan fingerprint density at radius 3 is 2.14 bits per heavy atom. The van der Waals surface area contributed by atoms with Crippen LogP contribution in [0.15, 0.2) is 66.1 Å². The van der Waals surface area contributed by atoms with Crippen LogP contribution in [0.1, 0.15) is 25.0 Å². The van der Waals surface area contributed by atoms with Crippen LogP contribution < -0.4 is 4.74 Å². The van der Waals surface area contributed by atoms with Crippen molar-refractivity contribution in [1.29, 1.82) is 0 Å². The van der Waals surface area contributed by atoms with Crippen molar-refractivity contribution in [2.45, 2.75) is 24.3 Å². The van der Waals surface area contributed by atoms with E-state index in [4.69, 9.17) is 9.47 Å². The topological polar surface area (TPSA) is 69.7 Å². The van der Waals surface area contributed by atoms with E-state index in [1.54, 1.807) is 54.6 Å². The van der Waals surface area contributed by atoms with Gasteiger partial charge in [0.15, 0.2) is 9.84 Å². The molecule has 0 aliphatic carbocycles. The highest BCUT2D eigenvalue weighted by atomic mass is 32.2. The molecule has 1 aliphatic rings. The average Bonchev–Trinajstić information content (AvgIpc) is 2.88. The maximum absolute atomic E-state index is 12.6. The van der Waals surface area contributed by atoms with Crippen LogP contribution in [0.5, 0.6) is 5.75 Å². The second-order valence-electron chi connectivity index (χ2n) is 7.07. The molecule has 0 N–H and O–H groups in total. The number of benzene rings is 2. The molecule has 2 aromatic carbocycles. The van der Waals surface area contributed by atoms with Crippen LogP contribution in [-0.2, 0) is 19.4 Å². The number of hydrogen-bond acceptors (Lipinski definition) is 5. The van der Waals surface area contributed by atoms with Crippen LogP contribution >= 0.6 is 0 Å². The fraction of sp³-hybridized carbons (Fsp3) is 0.227. The maximum atomic E-state index is 12.6. The highest BCUT2D eigenvalue weighted by molar-refractivity contribution is 7.90. The molecule has 0 radical (unpaired) electrons. The zero-order valence-electron chi connectivity index (χ0n) is 16.1. The first-order chi connectivity index (χ1) is 13.1. The SMILES string of the molecule is C=CCOc1ccc(C2=C(c3ccc(S(C)(=O)=O)cc3)C(C)(C)OC2=O)cc1. The molecule has 0 amide bonds. The Kier molecular flexibility index (Phi) is 5.17. The third-order valence-electron chi connectivity index (χ3n) is 4.49. The minimum absolute atomic E-state index is 0.227. The molecule has 1 aliphatic heterocycles. The minimum atomic E-state index is -3.30. The van der Waals surface area contributed by atoms with Crippen molar-refractivity contribution < 1.29 is 22.7 Å². The summed E-state index contributed by atoms with van der Waals surface area (Å²) >= 11 is 0. The molecule has 0 bridgehead atoms. The van der Waals surface area contributed by atoms with E-state index in [2.05, 4.69) is 6.58 Å². The highest BCUT2D eigenvalue weighted by Crippen LogP contribution is 2.44. The molecule has 3 rings (SSSR count). The number of ether oxygens (including phenoxy) is 2. The van der Waals surface area contributed by atoms with Crippen molar-refractivity contribution in [2.75, 3.05) is 12.9 Å². The van der Waals surface area contributed by atoms with Gasteiger partial charge < -0.3 is 9.47 Å². The number of esters is 1. The van der Waals surface area contributed by atoms with Crippen LogP contribution in [0.2, 0.25) is 0 Å². The summed E-state index contributed by atoms with van der Waals surface area (Å²) in [6, 6.07) is 13.7. The summed E-state index contributed by atoms with van der Waals surface area (Å²) in [4.78, 5) is 12.9. The molecule has 1 heterocycles. The van der Waals surface area contributed by atoms with Crippen LogP contribution in [0.3, 0.4) is 0 Å². The number of rotatable bonds is 6. The van der Waals surface area contributed by atoms with E-state index < -0.39 is 21.4 Å². The third kappa shape index (κ3) is 3.87. The van der Waals surface area contributed by atoms with Crippen molar-refractivity contribution in [3.63, 3.8) is 0 Å². The van der Waals surface area contributed by atoms with Crippen molar-refractivity contribution in [1.82, 2.24) is 0 Å². The molecule has 2 aromatic rings. The summed E-state index contributed by atoms with van der Waals surface area (Å²) in [6.45, 7) is 7.65. The molecule has 0 unspecified atom stereocenters. The van der Waals surface area contributed by atoms with Gasteiger partial charge in [-0.25, -0.2) is 13.2 Å². The predicted molar refractivity (Wildman–Crippen MR) is 109 cm³/mol.